The second kappa shape index (κ2) is 9.16. The van der Waals surface area contributed by atoms with Gasteiger partial charge < -0.3 is 19.9 Å². The number of likely N-dealkylation sites (tertiary alicyclic amines) is 1. The number of carbonyl (C=O) groups is 2. The summed E-state index contributed by atoms with van der Waals surface area (Å²) in [5, 5.41) is 7.33. The molecule has 2 amide bonds. The van der Waals surface area contributed by atoms with Crippen LogP contribution in [0.5, 0.6) is 5.75 Å². The first-order valence-electron chi connectivity index (χ1n) is 10.9. The summed E-state index contributed by atoms with van der Waals surface area (Å²) in [5.74, 6) is -3.48. The van der Waals surface area contributed by atoms with Crippen molar-refractivity contribution in [1.29, 1.82) is 0 Å². The maximum Gasteiger partial charge on any atom is 0.260 e. The van der Waals surface area contributed by atoms with E-state index in [1.165, 1.54) is 37.3 Å². The van der Waals surface area contributed by atoms with E-state index in [2.05, 4.69) is 10.3 Å². The number of pyridine rings is 1. The lowest BCUT2D eigenvalue weighted by molar-refractivity contribution is -0.128. The van der Waals surface area contributed by atoms with Gasteiger partial charge in [0, 0.05) is 49.9 Å². The summed E-state index contributed by atoms with van der Waals surface area (Å²) in [6.07, 6.45) is 1.90. The number of rotatable bonds is 5. The number of aromatic nitrogens is 1. The Morgan fingerprint density at radius 2 is 1.97 bits per heavy atom. The van der Waals surface area contributed by atoms with Gasteiger partial charge >= 0.3 is 0 Å². The highest BCUT2D eigenvalue weighted by molar-refractivity contribution is 7.89. The van der Waals surface area contributed by atoms with Crippen LogP contribution in [0, 0.1) is 17.0 Å². The van der Waals surface area contributed by atoms with Crippen LogP contribution in [0.15, 0.2) is 35.5 Å². The maximum absolute atomic E-state index is 14.6. The molecule has 1 spiro atoms. The van der Waals surface area contributed by atoms with Gasteiger partial charge in [-0.15, -0.1) is 12.6 Å². The number of benzene rings is 1. The van der Waals surface area contributed by atoms with Gasteiger partial charge in [0.15, 0.2) is 21.5 Å². The Bertz CT molecular complexity index is 1340. The van der Waals surface area contributed by atoms with Crippen LogP contribution in [-0.4, -0.2) is 61.7 Å². The molecule has 3 N–H and O–H groups in total. The average molecular weight is 542 g/mol. The Labute approximate surface area is 212 Å². The second-order valence-electron chi connectivity index (χ2n) is 9.07. The zero-order chi connectivity index (χ0) is 26.5. The van der Waals surface area contributed by atoms with E-state index in [0.29, 0.717) is 19.5 Å². The van der Waals surface area contributed by atoms with Gasteiger partial charge in [-0.05, 0) is 31.0 Å². The van der Waals surface area contributed by atoms with E-state index < -0.39 is 42.9 Å². The molecule has 194 valence electrons. The van der Waals surface area contributed by atoms with E-state index in [0.717, 1.165) is 12.1 Å². The van der Waals surface area contributed by atoms with Gasteiger partial charge in [0.05, 0.1) is 12.8 Å². The van der Waals surface area contributed by atoms with E-state index in [1.807, 2.05) is 0 Å². The number of anilines is 2. The van der Waals surface area contributed by atoms with Crippen LogP contribution in [0.25, 0.3) is 0 Å². The number of methoxy groups -OCH3 is 1. The molecule has 1 unspecified atom stereocenters. The van der Waals surface area contributed by atoms with Crippen LogP contribution in [0.1, 0.15) is 19.8 Å². The third kappa shape index (κ3) is 4.60. The van der Waals surface area contributed by atoms with Crippen molar-refractivity contribution in [3.05, 3.63) is 42.1 Å². The molecule has 2 aliphatic rings. The Morgan fingerprint density at radius 1 is 1.25 bits per heavy atom. The number of hydrogen-bond acceptors (Lipinski definition) is 8. The fourth-order valence-corrected chi connectivity index (χ4v) is 5.98. The molecule has 0 saturated carbocycles. The number of hydrogen-bond donors (Lipinski definition) is 3. The number of primary sulfonamides is 1. The number of thiol groups is 1. The number of nitrogens with one attached hydrogen (secondary N) is 1. The van der Waals surface area contributed by atoms with Crippen molar-refractivity contribution in [3.8, 4) is 5.75 Å². The van der Waals surface area contributed by atoms with Crippen molar-refractivity contribution < 1.29 is 31.5 Å². The molecule has 2 atom stereocenters. The van der Waals surface area contributed by atoms with Crippen LogP contribution in [0.2, 0.25) is 0 Å². The molecule has 4 rings (SSSR count). The maximum atomic E-state index is 14.6. The normalized spacial score (nSPS) is 23.8. The van der Waals surface area contributed by atoms with E-state index in [9.17, 15) is 26.8 Å². The lowest BCUT2D eigenvalue weighted by Crippen LogP contribution is -2.49. The van der Waals surface area contributed by atoms with Gasteiger partial charge in [-0.25, -0.2) is 22.9 Å². The molecule has 14 heteroatoms. The smallest absolute Gasteiger partial charge is 0.260 e. The lowest BCUT2D eigenvalue weighted by atomic mass is 9.84. The number of carbonyl (C=O) groups excluding carboxylic acids is 2. The molecule has 0 radical (unpaired) electrons. The third-order valence-corrected chi connectivity index (χ3v) is 8.03. The third-order valence-electron chi connectivity index (χ3n) is 6.62. The summed E-state index contributed by atoms with van der Waals surface area (Å²) in [4.78, 5) is 31.0. The predicted molar refractivity (Wildman–Crippen MR) is 130 cm³/mol. The van der Waals surface area contributed by atoms with Crippen LogP contribution in [-0.2, 0) is 19.6 Å². The van der Waals surface area contributed by atoms with Gasteiger partial charge in [0.2, 0.25) is 11.7 Å². The topological polar surface area (TPSA) is 135 Å². The van der Waals surface area contributed by atoms with Crippen LogP contribution in [0.4, 0.5) is 20.2 Å². The van der Waals surface area contributed by atoms with E-state index >= 15 is 0 Å². The number of nitrogens with two attached hydrogens (primary N) is 1. The molecule has 1 aromatic heterocycles. The van der Waals surface area contributed by atoms with Crippen molar-refractivity contribution in [1.82, 2.24) is 9.88 Å². The summed E-state index contributed by atoms with van der Waals surface area (Å²) >= 11 is 4.75. The molecule has 3 heterocycles. The van der Waals surface area contributed by atoms with E-state index in [-0.39, 0.29) is 36.0 Å². The zero-order valence-corrected chi connectivity index (χ0v) is 21.2. The molecule has 2 aliphatic heterocycles. The molecule has 1 aromatic carbocycles. The summed E-state index contributed by atoms with van der Waals surface area (Å²) in [5.41, 5.74) is -0.355. The molecular weight excluding hydrogens is 516 g/mol. The fourth-order valence-electron chi connectivity index (χ4n) is 4.91. The molecule has 2 fully saturated rings. The van der Waals surface area contributed by atoms with Crippen LogP contribution >= 0.6 is 12.6 Å². The van der Waals surface area contributed by atoms with Crippen LogP contribution in [0.3, 0.4) is 0 Å². The molecule has 2 saturated heterocycles. The van der Waals surface area contributed by atoms with Crippen molar-refractivity contribution >= 4 is 45.8 Å². The number of amides is 2. The summed E-state index contributed by atoms with van der Waals surface area (Å²) < 4.78 is 57.1. The number of sulfonamides is 1. The standard InChI is InChI=1S/C22H25F2N5O5S2/c1-13(30)28-8-6-21(11-28)10-22(35,20(31)27-14-5-7-26-17(9-14)36(25,32)33)29(12-21)16-4-3-15(23)18(24)19(16)34-2/h3-5,7,9,35H,6,8,10-12H2,1-2H3,(H2,25,32,33)(H,26,27,31)/t21-,22?/m1/s1. The first-order valence-corrected chi connectivity index (χ1v) is 12.9. The monoisotopic (exact) mass is 541 g/mol. The molecule has 36 heavy (non-hydrogen) atoms. The summed E-state index contributed by atoms with van der Waals surface area (Å²) in [7, 11) is -2.94. The Hall–Kier alpha value is -2.97. The number of nitrogens with zero attached hydrogens (tertiary/aromatic N) is 3. The second-order valence-corrected chi connectivity index (χ2v) is 11.3. The molecule has 0 aliphatic carbocycles. The van der Waals surface area contributed by atoms with E-state index in [4.69, 9.17) is 22.5 Å². The van der Waals surface area contributed by atoms with Gasteiger partial charge in [-0.2, -0.15) is 4.39 Å². The minimum absolute atomic E-state index is 0.0994. The molecule has 10 nitrogen and oxygen atoms in total. The SMILES string of the molecule is COc1c(N2C[C@]3(CCN(C(C)=O)C3)CC2(S)C(=O)Nc2ccnc(S(N)(=O)=O)c2)ccc(F)c1F. The predicted octanol–water partition coefficient (Wildman–Crippen LogP) is 1.73. The highest BCUT2D eigenvalue weighted by Gasteiger charge is 2.58. The quantitative estimate of drug-likeness (QED) is 0.491. The summed E-state index contributed by atoms with van der Waals surface area (Å²) in [6, 6.07) is 4.72. The molecular formula is C22H25F2N5O5S2. The minimum Gasteiger partial charge on any atom is -0.491 e. The highest BCUT2D eigenvalue weighted by atomic mass is 32.2. The fraction of sp³-hybridized carbons (Fsp3) is 0.409. The number of ether oxygens (including phenoxy) is 1. The van der Waals surface area contributed by atoms with Crippen molar-refractivity contribution in [2.24, 2.45) is 10.6 Å². The number of halogens is 2. The largest absolute Gasteiger partial charge is 0.491 e. The van der Waals surface area contributed by atoms with Crippen molar-refractivity contribution in [2.75, 3.05) is 37.0 Å². The van der Waals surface area contributed by atoms with E-state index in [1.54, 1.807) is 4.90 Å². The van der Waals surface area contributed by atoms with Crippen molar-refractivity contribution in [3.63, 3.8) is 0 Å². The lowest BCUT2D eigenvalue weighted by Gasteiger charge is -2.35. The van der Waals surface area contributed by atoms with Gasteiger partial charge in [0.25, 0.3) is 15.9 Å². The Kier molecular flexibility index (Phi) is 6.64. The molecule has 2 aromatic rings. The summed E-state index contributed by atoms with van der Waals surface area (Å²) in [6.45, 7) is 2.49. The minimum atomic E-state index is -4.12. The highest BCUT2D eigenvalue weighted by Crippen LogP contribution is 2.53. The van der Waals surface area contributed by atoms with Crippen LogP contribution < -0.4 is 20.1 Å². The first kappa shape index (κ1) is 26.1. The zero-order valence-electron chi connectivity index (χ0n) is 19.5. The average Bonchev–Trinajstić information content (AvgIpc) is 3.36. The van der Waals surface area contributed by atoms with Crippen molar-refractivity contribution in [2.45, 2.75) is 29.7 Å². The Balaban J connectivity index is 1.76. The van der Waals surface area contributed by atoms with Gasteiger partial charge in [-0.1, -0.05) is 0 Å². The Morgan fingerprint density at radius 3 is 2.58 bits per heavy atom. The molecule has 0 bridgehead atoms. The van der Waals surface area contributed by atoms with Gasteiger partial charge in [-0.3, -0.25) is 9.59 Å². The first-order chi connectivity index (χ1) is 16.8. The van der Waals surface area contributed by atoms with Gasteiger partial charge in [0.1, 0.15) is 0 Å².